The molecule has 0 atom stereocenters. The van der Waals surface area contributed by atoms with Gasteiger partial charge in [-0.25, -0.2) is 4.79 Å². The number of methoxy groups -OCH3 is 2. The number of carbonyl (C=O) groups is 2. The number of rotatable bonds is 6. The summed E-state index contributed by atoms with van der Waals surface area (Å²) in [7, 11) is 3.06. The fourth-order valence-corrected chi connectivity index (χ4v) is 4.02. The van der Waals surface area contributed by atoms with E-state index in [4.69, 9.17) is 14.3 Å². The van der Waals surface area contributed by atoms with Gasteiger partial charge in [-0.1, -0.05) is 11.2 Å². The maximum atomic E-state index is 12.6. The van der Waals surface area contributed by atoms with Gasteiger partial charge < -0.3 is 35.0 Å². The Morgan fingerprint density at radius 2 is 1.85 bits per heavy atom. The molecule has 2 aromatic rings. The number of hydrogen-bond donors (Lipinski definition) is 3. The summed E-state index contributed by atoms with van der Waals surface area (Å²) in [5.41, 5.74) is 1.25. The number of carbonyl (C=O) groups excluding carboxylic acids is 2. The summed E-state index contributed by atoms with van der Waals surface area (Å²) in [6, 6.07) is 11.9. The summed E-state index contributed by atoms with van der Waals surface area (Å²) < 4.78 is 10.2. The lowest BCUT2D eigenvalue weighted by atomic mass is 9.87. The first-order chi connectivity index (χ1) is 16.4. The first-order valence-electron chi connectivity index (χ1n) is 11.0. The molecule has 3 amide bonds. The molecule has 4 rings (SSSR count). The number of oxime groups is 1. The highest BCUT2D eigenvalue weighted by atomic mass is 16.7. The Labute approximate surface area is 197 Å². The van der Waals surface area contributed by atoms with Crippen LogP contribution in [-0.2, 0) is 16.2 Å². The fourth-order valence-electron chi connectivity index (χ4n) is 4.02. The predicted molar refractivity (Wildman–Crippen MR) is 125 cm³/mol. The topological polar surface area (TPSA) is 122 Å². The standard InChI is InChI=1S/C24H28N4O6/c1-32-18-6-4-17(5-7-18)26-23(31)28-11-9-24(10-12-28)14-19(27-34-24)22(30)25-15-16-3-8-20(29)21(13-16)33-2/h3-8,13,29H,9-12,14-15H2,1-2H3,(H,25,30)(H,26,31). The third-order valence-electron chi connectivity index (χ3n) is 6.10. The number of phenols is 1. The maximum Gasteiger partial charge on any atom is 0.321 e. The number of piperidine rings is 1. The van der Waals surface area contributed by atoms with Gasteiger partial charge >= 0.3 is 6.03 Å². The number of hydrogen-bond acceptors (Lipinski definition) is 7. The van der Waals surface area contributed by atoms with E-state index in [1.165, 1.54) is 13.2 Å². The molecule has 0 aromatic heterocycles. The third kappa shape index (κ3) is 5.16. The number of ether oxygens (including phenoxy) is 2. The summed E-state index contributed by atoms with van der Waals surface area (Å²) in [6.45, 7) is 1.26. The van der Waals surface area contributed by atoms with Crippen LogP contribution in [0.25, 0.3) is 0 Å². The van der Waals surface area contributed by atoms with Gasteiger partial charge in [0, 0.05) is 44.6 Å². The average Bonchev–Trinajstić information content (AvgIpc) is 3.27. The number of amides is 3. The van der Waals surface area contributed by atoms with Crippen LogP contribution in [0.4, 0.5) is 10.5 Å². The number of nitrogens with zero attached hydrogens (tertiary/aromatic N) is 2. The Balaban J connectivity index is 1.25. The summed E-state index contributed by atoms with van der Waals surface area (Å²) in [5, 5.41) is 19.4. The molecule has 2 aromatic carbocycles. The number of aromatic hydroxyl groups is 1. The zero-order valence-corrected chi connectivity index (χ0v) is 19.2. The largest absolute Gasteiger partial charge is 0.504 e. The summed E-state index contributed by atoms with van der Waals surface area (Å²) in [4.78, 5) is 32.6. The Bertz CT molecular complexity index is 1080. The van der Waals surface area contributed by atoms with E-state index in [0.29, 0.717) is 49.5 Å². The number of anilines is 1. The van der Waals surface area contributed by atoms with E-state index in [9.17, 15) is 14.7 Å². The van der Waals surface area contributed by atoms with Crippen LogP contribution in [0.3, 0.4) is 0 Å². The van der Waals surface area contributed by atoms with Gasteiger partial charge in [0.15, 0.2) is 11.5 Å². The molecule has 10 nitrogen and oxygen atoms in total. The smallest absolute Gasteiger partial charge is 0.321 e. The van der Waals surface area contributed by atoms with Gasteiger partial charge in [0.2, 0.25) is 0 Å². The van der Waals surface area contributed by atoms with E-state index in [2.05, 4.69) is 15.8 Å². The molecule has 10 heteroatoms. The molecule has 1 spiro atoms. The molecule has 1 saturated heterocycles. The van der Waals surface area contributed by atoms with Gasteiger partial charge in [0.25, 0.3) is 5.91 Å². The van der Waals surface area contributed by atoms with Crippen LogP contribution in [0.5, 0.6) is 17.2 Å². The van der Waals surface area contributed by atoms with Crippen LogP contribution in [0, 0.1) is 0 Å². The number of likely N-dealkylation sites (tertiary alicyclic amines) is 1. The Kier molecular flexibility index (Phi) is 6.76. The molecule has 34 heavy (non-hydrogen) atoms. The molecule has 0 aliphatic carbocycles. The molecular weight excluding hydrogens is 440 g/mol. The van der Waals surface area contributed by atoms with Crippen molar-refractivity contribution in [1.82, 2.24) is 10.2 Å². The predicted octanol–water partition coefficient (Wildman–Crippen LogP) is 2.87. The third-order valence-corrected chi connectivity index (χ3v) is 6.10. The second kappa shape index (κ2) is 9.90. The van der Waals surface area contributed by atoms with Crippen molar-refractivity contribution in [3.63, 3.8) is 0 Å². The highest BCUT2D eigenvalue weighted by Crippen LogP contribution is 2.35. The lowest BCUT2D eigenvalue weighted by Gasteiger charge is -2.37. The van der Waals surface area contributed by atoms with Crippen molar-refractivity contribution in [2.45, 2.75) is 31.4 Å². The zero-order chi connectivity index (χ0) is 24.1. The van der Waals surface area contributed by atoms with Gasteiger partial charge in [0.05, 0.1) is 14.2 Å². The first kappa shape index (κ1) is 23.2. The zero-order valence-electron chi connectivity index (χ0n) is 19.2. The summed E-state index contributed by atoms with van der Waals surface area (Å²) >= 11 is 0. The molecule has 0 saturated carbocycles. The van der Waals surface area contributed by atoms with Gasteiger partial charge in [-0.15, -0.1) is 0 Å². The highest BCUT2D eigenvalue weighted by Gasteiger charge is 2.44. The van der Waals surface area contributed by atoms with Crippen molar-refractivity contribution in [3.8, 4) is 17.2 Å². The van der Waals surface area contributed by atoms with Gasteiger partial charge in [-0.3, -0.25) is 4.79 Å². The second-order valence-corrected chi connectivity index (χ2v) is 8.32. The van der Waals surface area contributed by atoms with Crippen molar-refractivity contribution in [3.05, 3.63) is 48.0 Å². The molecule has 2 heterocycles. The Morgan fingerprint density at radius 3 is 2.53 bits per heavy atom. The molecular formula is C24H28N4O6. The van der Waals surface area contributed by atoms with Crippen molar-refractivity contribution in [2.75, 3.05) is 32.6 Å². The lowest BCUT2D eigenvalue weighted by Crippen LogP contribution is -2.48. The normalized spacial score (nSPS) is 16.4. The fraction of sp³-hybridized carbons (Fsp3) is 0.375. The first-order valence-corrected chi connectivity index (χ1v) is 11.0. The molecule has 2 aliphatic rings. The van der Waals surface area contributed by atoms with E-state index < -0.39 is 5.60 Å². The van der Waals surface area contributed by atoms with Crippen LogP contribution < -0.4 is 20.1 Å². The average molecular weight is 469 g/mol. The monoisotopic (exact) mass is 468 g/mol. The molecule has 1 fully saturated rings. The SMILES string of the molecule is COc1ccc(NC(=O)N2CCC3(CC2)CC(C(=O)NCc2ccc(O)c(OC)c2)=NO3)cc1. The van der Waals surface area contributed by atoms with Crippen molar-refractivity contribution < 1.29 is 29.0 Å². The highest BCUT2D eigenvalue weighted by molar-refractivity contribution is 6.39. The minimum Gasteiger partial charge on any atom is -0.504 e. The minimum absolute atomic E-state index is 0.0390. The molecule has 0 bridgehead atoms. The molecule has 0 radical (unpaired) electrons. The van der Waals surface area contributed by atoms with Crippen molar-refractivity contribution in [1.29, 1.82) is 0 Å². The lowest BCUT2D eigenvalue weighted by molar-refractivity contribution is -0.115. The number of urea groups is 1. The van der Waals surface area contributed by atoms with Crippen LogP contribution in [0.2, 0.25) is 0 Å². The maximum absolute atomic E-state index is 12.6. The molecule has 0 unspecified atom stereocenters. The van der Waals surface area contributed by atoms with E-state index in [-0.39, 0.29) is 24.2 Å². The number of benzene rings is 2. The Morgan fingerprint density at radius 1 is 1.12 bits per heavy atom. The van der Waals surface area contributed by atoms with Crippen LogP contribution >= 0.6 is 0 Å². The minimum atomic E-state index is -0.564. The summed E-state index contributed by atoms with van der Waals surface area (Å²) in [5.74, 6) is 0.801. The number of phenolic OH excluding ortho intramolecular Hbond substituents is 1. The molecule has 180 valence electrons. The van der Waals surface area contributed by atoms with Crippen LogP contribution in [0.15, 0.2) is 47.6 Å². The number of nitrogens with one attached hydrogen (secondary N) is 2. The summed E-state index contributed by atoms with van der Waals surface area (Å²) in [6.07, 6.45) is 1.56. The van der Waals surface area contributed by atoms with E-state index in [1.54, 1.807) is 48.4 Å². The quantitative estimate of drug-likeness (QED) is 0.599. The molecule has 3 N–H and O–H groups in total. The van der Waals surface area contributed by atoms with Gasteiger partial charge in [-0.2, -0.15) is 0 Å². The van der Waals surface area contributed by atoms with E-state index >= 15 is 0 Å². The van der Waals surface area contributed by atoms with Gasteiger partial charge in [-0.05, 0) is 42.0 Å². The van der Waals surface area contributed by atoms with E-state index in [0.717, 1.165) is 11.3 Å². The second-order valence-electron chi connectivity index (χ2n) is 8.32. The van der Waals surface area contributed by atoms with Crippen LogP contribution in [-0.4, -0.2) is 60.6 Å². The van der Waals surface area contributed by atoms with Crippen molar-refractivity contribution >= 4 is 23.3 Å². The van der Waals surface area contributed by atoms with E-state index in [1.807, 2.05) is 0 Å². The van der Waals surface area contributed by atoms with Crippen LogP contribution in [0.1, 0.15) is 24.8 Å². The van der Waals surface area contributed by atoms with Crippen molar-refractivity contribution in [2.24, 2.45) is 5.16 Å². The Hall–Kier alpha value is -3.95. The van der Waals surface area contributed by atoms with Gasteiger partial charge in [0.1, 0.15) is 17.1 Å². The molecule has 2 aliphatic heterocycles.